The first-order valence-electron chi connectivity index (χ1n) is 5.46. The summed E-state index contributed by atoms with van der Waals surface area (Å²) < 4.78 is 18.5. The number of carbonyl (C=O) groups excluding carboxylic acids is 1. The number of esters is 1. The normalized spacial score (nSPS) is 10.7. The number of carbonyl (C=O) groups is 1. The fourth-order valence-corrected chi connectivity index (χ4v) is 1.99. The van der Waals surface area contributed by atoms with Crippen molar-refractivity contribution in [2.75, 3.05) is 6.61 Å². The van der Waals surface area contributed by atoms with Crippen LogP contribution in [-0.2, 0) is 4.74 Å². The Morgan fingerprint density at radius 1 is 1.50 bits per heavy atom. The SMILES string of the molecule is CCOC(=O)c1cnc2c(F)cc(C)cc2c1Cl. The van der Waals surface area contributed by atoms with Gasteiger partial charge >= 0.3 is 5.97 Å². The molecule has 0 bridgehead atoms. The molecule has 0 radical (unpaired) electrons. The highest BCUT2D eigenvalue weighted by Gasteiger charge is 2.16. The molecular weight excluding hydrogens is 257 g/mol. The van der Waals surface area contributed by atoms with E-state index in [0.29, 0.717) is 10.9 Å². The number of halogens is 2. The summed E-state index contributed by atoms with van der Waals surface area (Å²) in [6, 6.07) is 3.06. The van der Waals surface area contributed by atoms with Crippen molar-refractivity contribution in [3.8, 4) is 0 Å². The Morgan fingerprint density at radius 2 is 2.22 bits per heavy atom. The summed E-state index contributed by atoms with van der Waals surface area (Å²) in [7, 11) is 0. The fraction of sp³-hybridized carbons (Fsp3) is 0.231. The molecule has 0 N–H and O–H groups in total. The van der Waals surface area contributed by atoms with Crippen LogP contribution < -0.4 is 0 Å². The van der Waals surface area contributed by atoms with E-state index in [-0.39, 0.29) is 22.7 Å². The zero-order valence-corrected chi connectivity index (χ0v) is 10.7. The predicted octanol–water partition coefficient (Wildman–Crippen LogP) is 3.51. The third-order valence-electron chi connectivity index (χ3n) is 2.50. The van der Waals surface area contributed by atoms with Gasteiger partial charge in [0.15, 0.2) is 0 Å². The molecule has 1 aromatic heterocycles. The van der Waals surface area contributed by atoms with Gasteiger partial charge in [0.25, 0.3) is 0 Å². The summed E-state index contributed by atoms with van der Waals surface area (Å²) in [5.74, 6) is -1.01. The van der Waals surface area contributed by atoms with Crippen molar-refractivity contribution in [2.24, 2.45) is 0 Å². The van der Waals surface area contributed by atoms with Gasteiger partial charge in [0, 0.05) is 11.6 Å². The number of fused-ring (bicyclic) bond motifs is 1. The minimum absolute atomic E-state index is 0.149. The Bertz CT molecular complexity index is 628. The largest absolute Gasteiger partial charge is 0.462 e. The first kappa shape index (κ1) is 12.8. The van der Waals surface area contributed by atoms with Crippen LogP contribution in [0.3, 0.4) is 0 Å². The van der Waals surface area contributed by atoms with Gasteiger partial charge in [-0.05, 0) is 31.5 Å². The zero-order valence-electron chi connectivity index (χ0n) is 9.96. The molecule has 0 amide bonds. The first-order valence-corrected chi connectivity index (χ1v) is 5.84. The van der Waals surface area contributed by atoms with Crippen LogP contribution >= 0.6 is 11.6 Å². The van der Waals surface area contributed by atoms with Crippen LogP contribution in [0, 0.1) is 12.7 Å². The van der Waals surface area contributed by atoms with Crippen molar-refractivity contribution in [1.29, 1.82) is 0 Å². The predicted molar refractivity (Wildman–Crippen MR) is 67.4 cm³/mol. The molecule has 1 aromatic carbocycles. The number of benzene rings is 1. The second-order valence-corrected chi connectivity index (χ2v) is 4.23. The van der Waals surface area contributed by atoms with Crippen molar-refractivity contribution >= 4 is 28.5 Å². The molecule has 0 saturated heterocycles. The summed E-state index contributed by atoms with van der Waals surface area (Å²) in [6.07, 6.45) is 1.24. The lowest BCUT2D eigenvalue weighted by Crippen LogP contribution is -2.06. The summed E-state index contributed by atoms with van der Waals surface area (Å²) in [6.45, 7) is 3.69. The highest BCUT2D eigenvalue weighted by atomic mass is 35.5. The number of nitrogens with zero attached hydrogens (tertiary/aromatic N) is 1. The molecule has 0 unspecified atom stereocenters. The number of hydrogen-bond donors (Lipinski definition) is 0. The van der Waals surface area contributed by atoms with Crippen molar-refractivity contribution in [3.63, 3.8) is 0 Å². The number of aromatic nitrogens is 1. The van der Waals surface area contributed by atoms with E-state index in [1.54, 1.807) is 19.9 Å². The highest BCUT2D eigenvalue weighted by Crippen LogP contribution is 2.28. The molecule has 0 saturated carbocycles. The summed E-state index contributed by atoms with van der Waals surface area (Å²) in [4.78, 5) is 15.6. The van der Waals surface area contributed by atoms with Crippen LogP contribution in [0.25, 0.3) is 10.9 Å². The number of hydrogen-bond acceptors (Lipinski definition) is 3. The lowest BCUT2D eigenvalue weighted by atomic mass is 10.1. The molecule has 1 heterocycles. The van der Waals surface area contributed by atoms with Gasteiger partial charge in [-0.3, -0.25) is 4.98 Å². The Labute approximate surface area is 109 Å². The van der Waals surface area contributed by atoms with Crippen LogP contribution in [0.1, 0.15) is 22.8 Å². The second kappa shape index (κ2) is 4.90. The second-order valence-electron chi connectivity index (χ2n) is 3.85. The van der Waals surface area contributed by atoms with E-state index < -0.39 is 11.8 Å². The standard InChI is InChI=1S/C13H11ClFNO2/c1-3-18-13(17)9-6-16-12-8(11(9)14)4-7(2)5-10(12)15/h4-6H,3H2,1-2H3. The van der Waals surface area contributed by atoms with E-state index in [1.807, 2.05) is 0 Å². The van der Waals surface area contributed by atoms with Gasteiger partial charge in [0.1, 0.15) is 11.3 Å². The Morgan fingerprint density at radius 3 is 2.89 bits per heavy atom. The quantitative estimate of drug-likeness (QED) is 0.782. The molecule has 2 rings (SSSR count). The van der Waals surface area contributed by atoms with Gasteiger partial charge in [0.05, 0.1) is 17.2 Å². The smallest absolute Gasteiger partial charge is 0.341 e. The van der Waals surface area contributed by atoms with Gasteiger partial charge in [-0.25, -0.2) is 9.18 Å². The third-order valence-corrected chi connectivity index (χ3v) is 2.91. The van der Waals surface area contributed by atoms with Crippen LogP contribution in [0.4, 0.5) is 4.39 Å². The lowest BCUT2D eigenvalue weighted by molar-refractivity contribution is 0.0526. The van der Waals surface area contributed by atoms with E-state index in [9.17, 15) is 9.18 Å². The highest BCUT2D eigenvalue weighted by molar-refractivity contribution is 6.38. The average molecular weight is 268 g/mol. The molecule has 0 aliphatic rings. The molecule has 18 heavy (non-hydrogen) atoms. The van der Waals surface area contributed by atoms with Crippen molar-refractivity contribution in [1.82, 2.24) is 4.98 Å². The number of ether oxygens (including phenoxy) is 1. The summed E-state index contributed by atoms with van der Waals surface area (Å²) in [5, 5.41) is 0.584. The molecular formula is C13H11ClFNO2. The van der Waals surface area contributed by atoms with Crippen LogP contribution in [0.2, 0.25) is 5.02 Å². The third kappa shape index (κ3) is 2.16. The Kier molecular flexibility index (Phi) is 3.48. The van der Waals surface area contributed by atoms with E-state index in [0.717, 1.165) is 0 Å². The number of pyridine rings is 1. The van der Waals surface area contributed by atoms with Gasteiger partial charge in [-0.1, -0.05) is 11.6 Å². The summed E-state index contributed by atoms with van der Waals surface area (Å²) >= 11 is 6.11. The van der Waals surface area contributed by atoms with E-state index in [2.05, 4.69) is 4.98 Å². The Hall–Kier alpha value is -1.68. The first-order chi connectivity index (χ1) is 8.54. The topological polar surface area (TPSA) is 39.2 Å². The summed E-state index contributed by atoms with van der Waals surface area (Å²) in [5.41, 5.74) is 1.01. The maximum atomic E-state index is 13.7. The van der Waals surface area contributed by atoms with Crippen LogP contribution in [0.5, 0.6) is 0 Å². The minimum atomic E-state index is -0.557. The maximum Gasteiger partial charge on any atom is 0.341 e. The van der Waals surface area contributed by atoms with Crippen LogP contribution in [0.15, 0.2) is 18.3 Å². The van der Waals surface area contributed by atoms with Gasteiger partial charge in [-0.2, -0.15) is 0 Å². The van der Waals surface area contributed by atoms with Crippen molar-refractivity contribution in [3.05, 3.63) is 40.3 Å². The maximum absolute atomic E-state index is 13.7. The van der Waals surface area contributed by atoms with Crippen molar-refractivity contribution in [2.45, 2.75) is 13.8 Å². The molecule has 5 heteroatoms. The van der Waals surface area contributed by atoms with E-state index in [1.165, 1.54) is 12.3 Å². The fourth-order valence-electron chi connectivity index (χ4n) is 1.72. The molecule has 3 nitrogen and oxygen atoms in total. The van der Waals surface area contributed by atoms with E-state index >= 15 is 0 Å². The molecule has 0 aliphatic heterocycles. The van der Waals surface area contributed by atoms with Crippen LogP contribution in [-0.4, -0.2) is 17.6 Å². The minimum Gasteiger partial charge on any atom is -0.462 e. The van der Waals surface area contributed by atoms with Gasteiger partial charge < -0.3 is 4.74 Å². The molecule has 0 fully saturated rings. The zero-order chi connectivity index (χ0) is 13.3. The van der Waals surface area contributed by atoms with Crippen molar-refractivity contribution < 1.29 is 13.9 Å². The van der Waals surface area contributed by atoms with E-state index in [4.69, 9.17) is 16.3 Å². The lowest BCUT2D eigenvalue weighted by Gasteiger charge is -2.07. The van der Waals surface area contributed by atoms with Gasteiger partial charge in [0.2, 0.25) is 0 Å². The van der Waals surface area contributed by atoms with Gasteiger partial charge in [-0.15, -0.1) is 0 Å². The molecule has 0 aliphatic carbocycles. The Balaban J connectivity index is 2.67. The monoisotopic (exact) mass is 267 g/mol. The number of aryl methyl sites for hydroxylation is 1. The molecule has 94 valence electrons. The molecule has 0 atom stereocenters. The number of rotatable bonds is 2. The molecule has 2 aromatic rings. The molecule has 0 spiro atoms. The average Bonchev–Trinajstić information content (AvgIpc) is 2.30.